The number of rotatable bonds is 4. The van der Waals surface area contributed by atoms with Crippen molar-refractivity contribution in [3.05, 3.63) is 23.2 Å². The number of aliphatic hydroxyl groups excluding tert-OH is 2. The van der Waals surface area contributed by atoms with E-state index in [9.17, 15) is 4.79 Å². The molecule has 1 aromatic rings. The topological polar surface area (TPSA) is 95.3 Å². The van der Waals surface area contributed by atoms with Crippen molar-refractivity contribution in [1.82, 2.24) is 15.3 Å². The number of aromatic nitrogens is 2. The molecule has 0 bridgehead atoms. The summed E-state index contributed by atoms with van der Waals surface area (Å²) in [6, 6.07) is 0. The Bertz CT molecular complexity index is 382. The van der Waals surface area contributed by atoms with Crippen LogP contribution >= 0.6 is 11.6 Å². The molecule has 3 N–H and O–H groups in total. The van der Waals surface area contributed by atoms with E-state index in [1.807, 2.05) is 0 Å². The highest BCUT2D eigenvalue weighted by Crippen LogP contribution is 2.06. The first kappa shape index (κ1) is 12.8. The van der Waals surface area contributed by atoms with Crippen molar-refractivity contribution >= 4 is 17.5 Å². The van der Waals surface area contributed by atoms with E-state index in [0.29, 0.717) is 0 Å². The Balaban J connectivity index is 2.80. The summed E-state index contributed by atoms with van der Waals surface area (Å²) in [5, 5.41) is 20.5. The molecule has 1 rings (SSSR count). The molecule has 88 valence electrons. The lowest BCUT2D eigenvalue weighted by Crippen LogP contribution is -2.51. The number of halogens is 1. The Labute approximate surface area is 97.3 Å². The Kier molecular flexibility index (Phi) is 4.17. The van der Waals surface area contributed by atoms with Gasteiger partial charge in [0.05, 0.1) is 31.1 Å². The summed E-state index contributed by atoms with van der Waals surface area (Å²) < 4.78 is 0. The zero-order chi connectivity index (χ0) is 12.2. The lowest BCUT2D eigenvalue weighted by Gasteiger charge is -2.25. The van der Waals surface area contributed by atoms with Crippen molar-refractivity contribution in [2.75, 3.05) is 13.2 Å². The van der Waals surface area contributed by atoms with E-state index < -0.39 is 11.4 Å². The first-order valence-electron chi connectivity index (χ1n) is 4.52. The van der Waals surface area contributed by atoms with Gasteiger partial charge in [-0.25, -0.2) is 4.98 Å². The molecule has 7 heteroatoms. The second kappa shape index (κ2) is 5.20. The minimum Gasteiger partial charge on any atom is -0.394 e. The standard InChI is InChI=1S/C9H12ClN3O3/c1-9(4-14,5-15)13-8(16)6-2-11-3-7(10)12-6/h2-3,14-15H,4-5H2,1H3,(H,13,16). The predicted octanol–water partition coefficient (Wildman–Crippen LogP) is -0.397. The molecule has 0 aliphatic heterocycles. The van der Waals surface area contributed by atoms with Crippen LogP contribution in [0.4, 0.5) is 0 Å². The van der Waals surface area contributed by atoms with Crippen molar-refractivity contribution in [3.8, 4) is 0 Å². The van der Waals surface area contributed by atoms with E-state index >= 15 is 0 Å². The highest BCUT2D eigenvalue weighted by molar-refractivity contribution is 6.29. The Morgan fingerprint density at radius 2 is 2.12 bits per heavy atom. The molecule has 0 aromatic carbocycles. The second-order valence-electron chi connectivity index (χ2n) is 3.56. The molecular formula is C9H12ClN3O3. The summed E-state index contributed by atoms with van der Waals surface area (Å²) in [4.78, 5) is 19.1. The number of nitrogens with zero attached hydrogens (tertiary/aromatic N) is 2. The molecule has 0 radical (unpaired) electrons. The highest BCUT2D eigenvalue weighted by atomic mass is 35.5. The van der Waals surface area contributed by atoms with Crippen molar-refractivity contribution in [1.29, 1.82) is 0 Å². The highest BCUT2D eigenvalue weighted by Gasteiger charge is 2.25. The van der Waals surface area contributed by atoms with Gasteiger partial charge in [-0.3, -0.25) is 9.78 Å². The van der Waals surface area contributed by atoms with Crippen LogP contribution in [-0.4, -0.2) is 44.8 Å². The maximum atomic E-state index is 11.6. The van der Waals surface area contributed by atoms with Crippen molar-refractivity contribution < 1.29 is 15.0 Å². The van der Waals surface area contributed by atoms with Crippen molar-refractivity contribution in [3.63, 3.8) is 0 Å². The third-order valence-electron chi connectivity index (χ3n) is 1.95. The van der Waals surface area contributed by atoms with Gasteiger partial charge in [0.1, 0.15) is 10.8 Å². The first-order chi connectivity index (χ1) is 7.50. The van der Waals surface area contributed by atoms with E-state index in [2.05, 4.69) is 15.3 Å². The fourth-order valence-electron chi connectivity index (χ4n) is 0.919. The summed E-state index contributed by atoms with van der Waals surface area (Å²) in [5.41, 5.74) is -1.07. The molecule has 0 fully saturated rings. The molecule has 1 aromatic heterocycles. The van der Waals surface area contributed by atoms with Gasteiger partial charge < -0.3 is 15.5 Å². The van der Waals surface area contributed by atoms with Crippen LogP contribution < -0.4 is 5.32 Å². The van der Waals surface area contributed by atoms with Gasteiger partial charge in [-0.2, -0.15) is 0 Å². The summed E-state index contributed by atoms with van der Waals surface area (Å²) in [7, 11) is 0. The van der Waals surface area contributed by atoms with E-state index in [1.165, 1.54) is 19.3 Å². The lowest BCUT2D eigenvalue weighted by atomic mass is 10.1. The minimum atomic E-state index is -1.10. The fourth-order valence-corrected chi connectivity index (χ4v) is 1.07. The zero-order valence-corrected chi connectivity index (χ0v) is 9.40. The van der Waals surface area contributed by atoms with E-state index in [-0.39, 0.29) is 24.1 Å². The average molecular weight is 246 g/mol. The molecule has 0 aliphatic rings. The summed E-state index contributed by atoms with van der Waals surface area (Å²) in [6.45, 7) is 0.731. The maximum Gasteiger partial charge on any atom is 0.272 e. The molecule has 1 amide bonds. The maximum absolute atomic E-state index is 11.6. The zero-order valence-electron chi connectivity index (χ0n) is 8.64. The van der Waals surface area contributed by atoms with Crippen LogP contribution in [0.1, 0.15) is 17.4 Å². The van der Waals surface area contributed by atoms with Crippen LogP contribution in [0.15, 0.2) is 12.4 Å². The van der Waals surface area contributed by atoms with Gasteiger partial charge in [0.25, 0.3) is 5.91 Å². The van der Waals surface area contributed by atoms with Crippen LogP contribution in [0.3, 0.4) is 0 Å². The van der Waals surface area contributed by atoms with E-state index in [0.717, 1.165) is 0 Å². The van der Waals surface area contributed by atoms with Gasteiger partial charge in [-0.15, -0.1) is 0 Å². The van der Waals surface area contributed by atoms with Gasteiger partial charge in [-0.05, 0) is 6.92 Å². The number of nitrogens with one attached hydrogen (secondary N) is 1. The largest absolute Gasteiger partial charge is 0.394 e. The molecule has 0 atom stereocenters. The molecule has 0 spiro atoms. The molecule has 1 heterocycles. The van der Waals surface area contributed by atoms with Crippen molar-refractivity contribution in [2.24, 2.45) is 0 Å². The van der Waals surface area contributed by atoms with Crippen LogP contribution in [0.25, 0.3) is 0 Å². The molecule has 0 saturated carbocycles. The fraction of sp³-hybridized carbons (Fsp3) is 0.444. The van der Waals surface area contributed by atoms with Crippen LogP contribution in [0.2, 0.25) is 5.15 Å². The second-order valence-corrected chi connectivity index (χ2v) is 3.95. The number of hydrogen-bond donors (Lipinski definition) is 3. The molecule has 0 unspecified atom stereocenters. The summed E-state index contributed by atoms with van der Waals surface area (Å²) in [6.07, 6.45) is 2.55. The monoisotopic (exact) mass is 245 g/mol. The molecule has 0 saturated heterocycles. The number of hydrogen-bond acceptors (Lipinski definition) is 5. The first-order valence-corrected chi connectivity index (χ1v) is 4.90. The average Bonchev–Trinajstić information content (AvgIpc) is 2.29. The number of carbonyl (C=O) groups is 1. The quantitative estimate of drug-likeness (QED) is 0.671. The molecular weight excluding hydrogens is 234 g/mol. The van der Waals surface area contributed by atoms with Gasteiger partial charge in [-0.1, -0.05) is 11.6 Å². The predicted molar refractivity (Wildman–Crippen MR) is 57.1 cm³/mol. The van der Waals surface area contributed by atoms with Gasteiger partial charge >= 0.3 is 0 Å². The number of amides is 1. The number of carbonyl (C=O) groups excluding carboxylic acids is 1. The third kappa shape index (κ3) is 3.13. The lowest BCUT2D eigenvalue weighted by molar-refractivity contribution is 0.0719. The van der Waals surface area contributed by atoms with Crippen LogP contribution in [0.5, 0.6) is 0 Å². The van der Waals surface area contributed by atoms with E-state index in [4.69, 9.17) is 21.8 Å². The Morgan fingerprint density at radius 3 is 2.62 bits per heavy atom. The van der Waals surface area contributed by atoms with Gasteiger partial charge in [0.2, 0.25) is 0 Å². The van der Waals surface area contributed by atoms with Crippen LogP contribution in [-0.2, 0) is 0 Å². The third-order valence-corrected chi connectivity index (χ3v) is 2.13. The normalized spacial score (nSPS) is 11.2. The summed E-state index contributed by atoms with van der Waals surface area (Å²) >= 11 is 5.58. The smallest absolute Gasteiger partial charge is 0.272 e. The minimum absolute atomic E-state index is 0.0284. The van der Waals surface area contributed by atoms with Gasteiger partial charge in [0.15, 0.2) is 0 Å². The Morgan fingerprint density at radius 1 is 1.50 bits per heavy atom. The van der Waals surface area contributed by atoms with Gasteiger partial charge in [0, 0.05) is 0 Å². The number of aliphatic hydroxyl groups is 2. The Hall–Kier alpha value is -1.24. The molecule has 6 nitrogen and oxygen atoms in total. The SMILES string of the molecule is CC(CO)(CO)NC(=O)c1cncc(Cl)n1. The van der Waals surface area contributed by atoms with E-state index in [1.54, 1.807) is 0 Å². The summed E-state index contributed by atoms with van der Waals surface area (Å²) in [5.74, 6) is -0.555. The molecule has 16 heavy (non-hydrogen) atoms. The molecule has 0 aliphatic carbocycles. The van der Waals surface area contributed by atoms with Crippen molar-refractivity contribution in [2.45, 2.75) is 12.5 Å². The van der Waals surface area contributed by atoms with Crippen LogP contribution in [0, 0.1) is 0 Å².